The molecule has 5 heteroatoms. The van der Waals surface area contributed by atoms with Gasteiger partial charge in [-0.15, -0.1) is 0 Å². The fraction of sp³-hybridized carbons (Fsp3) is 0.308. The number of rotatable bonds is 5. The highest BCUT2D eigenvalue weighted by Crippen LogP contribution is 2.15. The molecule has 0 aliphatic carbocycles. The van der Waals surface area contributed by atoms with Crippen LogP contribution < -0.4 is 11.1 Å². The van der Waals surface area contributed by atoms with Crippen molar-refractivity contribution >= 4 is 21.9 Å². The van der Waals surface area contributed by atoms with E-state index in [1.165, 1.54) is 6.07 Å². The van der Waals surface area contributed by atoms with Crippen LogP contribution in [0.2, 0.25) is 0 Å². The first-order chi connectivity index (χ1) is 8.49. The van der Waals surface area contributed by atoms with Crippen molar-refractivity contribution in [3.05, 3.63) is 46.2 Å². The molecule has 1 aromatic carbocycles. The van der Waals surface area contributed by atoms with E-state index < -0.39 is 0 Å². The molecule has 1 aromatic rings. The lowest BCUT2D eigenvalue weighted by molar-refractivity contribution is 0.607. The van der Waals surface area contributed by atoms with Crippen molar-refractivity contribution in [3.63, 3.8) is 0 Å². The normalized spacial score (nSPS) is 11.4. The predicted octanol–water partition coefficient (Wildman–Crippen LogP) is 2.61. The largest absolute Gasteiger partial charge is 0.370 e. The summed E-state index contributed by atoms with van der Waals surface area (Å²) in [7, 11) is 0. The molecule has 0 bridgehead atoms. The van der Waals surface area contributed by atoms with Gasteiger partial charge in [0.05, 0.1) is 6.54 Å². The minimum atomic E-state index is -0.211. The maximum Gasteiger partial charge on any atom is 0.188 e. The van der Waals surface area contributed by atoms with Crippen molar-refractivity contribution in [2.75, 3.05) is 13.1 Å². The second-order valence-corrected chi connectivity index (χ2v) is 4.99. The van der Waals surface area contributed by atoms with E-state index in [0.29, 0.717) is 31.0 Å². The van der Waals surface area contributed by atoms with Crippen LogP contribution in [0.15, 0.2) is 39.8 Å². The number of benzene rings is 1. The van der Waals surface area contributed by atoms with Gasteiger partial charge in [-0.05, 0) is 37.1 Å². The average Bonchev–Trinajstić information content (AvgIpc) is 2.31. The fourth-order valence-corrected chi connectivity index (χ4v) is 1.74. The van der Waals surface area contributed by atoms with Gasteiger partial charge in [-0.3, -0.25) is 0 Å². The van der Waals surface area contributed by atoms with Crippen LogP contribution in [-0.4, -0.2) is 19.0 Å². The lowest BCUT2D eigenvalue weighted by Crippen LogP contribution is -2.33. The second kappa shape index (κ2) is 7.16. The highest BCUT2D eigenvalue weighted by molar-refractivity contribution is 9.10. The Morgan fingerprint density at radius 1 is 1.56 bits per heavy atom. The summed E-state index contributed by atoms with van der Waals surface area (Å²) in [5.41, 5.74) is 7.23. The number of aliphatic imine (C=N–C) groups is 1. The first kappa shape index (κ1) is 14.7. The van der Waals surface area contributed by atoms with Crippen LogP contribution in [0.5, 0.6) is 0 Å². The summed E-state index contributed by atoms with van der Waals surface area (Å²) in [5, 5.41) is 2.94. The van der Waals surface area contributed by atoms with Crippen LogP contribution in [0.1, 0.15) is 12.5 Å². The first-order valence-corrected chi connectivity index (χ1v) is 6.40. The van der Waals surface area contributed by atoms with Gasteiger partial charge in [-0.25, -0.2) is 9.38 Å². The van der Waals surface area contributed by atoms with Crippen molar-refractivity contribution in [1.82, 2.24) is 5.32 Å². The number of hydrogen-bond acceptors (Lipinski definition) is 1. The first-order valence-electron chi connectivity index (χ1n) is 5.61. The molecule has 0 saturated carbocycles. The zero-order chi connectivity index (χ0) is 13.5. The Bertz CT molecular complexity index is 458. The van der Waals surface area contributed by atoms with Crippen LogP contribution >= 0.6 is 15.9 Å². The third kappa shape index (κ3) is 5.31. The second-order valence-electron chi connectivity index (χ2n) is 4.07. The third-order valence-electron chi connectivity index (χ3n) is 2.23. The van der Waals surface area contributed by atoms with E-state index in [4.69, 9.17) is 5.73 Å². The Kier molecular flexibility index (Phi) is 5.85. The molecular formula is C13H17BrFN3. The molecule has 3 nitrogen and oxygen atoms in total. The summed E-state index contributed by atoms with van der Waals surface area (Å²) < 4.78 is 14.3. The topological polar surface area (TPSA) is 50.4 Å². The van der Waals surface area contributed by atoms with Crippen LogP contribution in [0.25, 0.3) is 0 Å². The van der Waals surface area contributed by atoms with Crippen molar-refractivity contribution < 1.29 is 4.39 Å². The molecule has 0 aromatic heterocycles. The summed E-state index contributed by atoms with van der Waals surface area (Å²) in [4.78, 5) is 4.08. The van der Waals surface area contributed by atoms with E-state index in [1.807, 2.05) is 6.92 Å². The van der Waals surface area contributed by atoms with Gasteiger partial charge in [0.15, 0.2) is 5.96 Å². The maximum absolute atomic E-state index is 13.4. The molecule has 0 spiro atoms. The number of halogens is 2. The molecule has 3 N–H and O–H groups in total. The molecule has 18 heavy (non-hydrogen) atoms. The molecule has 0 aliphatic rings. The predicted molar refractivity (Wildman–Crippen MR) is 77.1 cm³/mol. The Morgan fingerprint density at radius 3 is 2.94 bits per heavy atom. The zero-order valence-electron chi connectivity index (χ0n) is 10.3. The standard InChI is InChI=1S/C13H17BrFN3/c1-9(2)8-18-13(16)17-6-5-10-7-11(14)3-4-12(10)15/h3-4,7H,1,5-6,8H2,2H3,(H3,16,17,18). The molecule has 0 unspecified atom stereocenters. The molecule has 98 valence electrons. The van der Waals surface area contributed by atoms with E-state index in [9.17, 15) is 4.39 Å². The molecule has 0 saturated heterocycles. The molecular weight excluding hydrogens is 297 g/mol. The number of nitrogens with two attached hydrogens (primary N) is 1. The molecule has 1 rings (SSSR count). The highest BCUT2D eigenvalue weighted by Gasteiger charge is 2.02. The van der Waals surface area contributed by atoms with E-state index in [1.54, 1.807) is 12.1 Å². The van der Waals surface area contributed by atoms with Gasteiger partial charge in [-0.2, -0.15) is 0 Å². The van der Waals surface area contributed by atoms with Crippen LogP contribution in [0.3, 0.4) is 0 Å². The Balaban J connectivity index is 2.44. The molecule has 0 fully saturated rings. The van der Waals surface area contributed by atoms with E-state index in [0.717, 1.165) is 10.0 Å². The summed E-state index contributed by atoms with van der Waals surface area (Å²) in [5.74, 6) is 0.144. The number of hydrogen-bond donors (Lipinski definition) is 2. The summed E-state index contributed by atoms with van der Waals surface area (Å²) in [6.07, 6.45) is 0.550. The summed E-state index contributed by atoms with van der Waals surface area (Å²) >= 11 is 3.31. The Morgan fingerprint density at radius 2 is 2.28 bits per heavy atom. The van der Waals surface area contributed by atoms with E-state index >= 15 is 0 Å². The fourth-order valence-electron chi connectivity index (χ4n) is 1.34. The van der Waals surface area contributed by atoms with Crippen molar-refractivity contribution in [2.45, 2.75) is 13.3 Å². The van der Waals surface area contributed by atoms with Gasteiger partial charge in [0, 0.05) is 11.0 Å². The van der Waals surface area contributed by atoms with Crippen molar-refractivity contribution in [2.24, 2.45) is 10.7 Å². The van der Waals surface area contributed by atoms with Crippen molar-refractivity contribution in [3.8, 4) is 0 Å². The molecule has 0 heterocycles. The van der Waals surface area contributed by atoms with Gasteiger partial charge in [-0.1, -0.05) is 28.1 Å². The SMILES string of the molecule is C=C(C)CN=C(N)NCCc1cc(Br)ccc1F. The maximum atomic E-state index is 13.4. The van der Waals surface area contributed by atoms with Gasteiger partial charge in [0.2, 0.25) is 0 Å². The minimum absolute atomic E-state index is 0.211. The zero-order valence-corrected chi connectivity index (χ0v) is 11.9. The number of nitrogens with zero attached hydrogens (tertiary/aromatic N) is 1. The summed E-state index contributed by atoms with van der Waals surface area (Å²) in [6, 6.07) is 4.88. The highest BCUT2D eigenvalue weighted by atomic mass is 79.9. The molecule has 0 atom stereocenters. The van der Waals surface area contributed by atoms with Crippen molar-refractivity contribution in [1.29, 1.82) is 0 Å². The summed E-state index contributed by atoms with van der Waals surface area (Å²) in [6.45, 7) is 6.66. The van der Waals surface area contributed by atoms with Crippen LogP contribution in [-0.2, 0) is 6.42 Å². The quantitative estimate of drug-likeness (QED) is 0.499. The smallest absolute Gasteiger partial charge is 0.188 e. The number of guanidine groups is 1. The Labute approximate surface area is 115 Å². The van der Waals surface area contributed by atoms with Crippen LogP contribution in [0, 0.1) is 5.82 Å². The third-order valence-corrected chi connectivity index (χ3v) is 2.72. The molecule has 0 radical (unpaired) electrons. The monoisotopic (exact) mass is 313 g/mol. The molecule has 0 aliphatic heterocycles. The van der Waals surface area contributed by atoms with Gasteiger partial charge >= 0.3 is 0 Å². The van der Waals surface area contributed by atoms with Crippen LogP contribution in [0.4, 0.5) is 4.39 Å². The lowest BCUT2D eigenvalue weighted by Gasteiger charge is -2.07. The average molecular weight is 314 g/mol. The van der Waals surface area contributed by atoms with Gasteiger partial charge in [0.25, 0.3) is 0 Å². The van der Waals surface area contributed by atoms with E-state index in [-0.39, 0.29) is 5.82 Å². The molecule has 0 amide bonds. The van der Waals surface area contributed by atoms with E-state index in [2.05, 4.69) is 32.8 Å². The minimum Gasteiger partial charge on any atom is -0.370 e. The lowest BCUT2D eigenvalue weighted by atomic mass is 10.1. The Hall–Kier alpha value is -1.36. The van der Waals surface area contributed by atoms with Gasteiger partial charge < -0.3 is 11.1 Å². The number of nitrogens with one attached hydrogen (secondary N) is 1. The van der Waals surface area contributed by atoms with Gasteiger partial charge in [0.1, 0.15) is 5.82 Å².